The molecular weight excluding hydrogens is 415 g/mol. The van der Waals surface area contributed by atoms with E-state index in [9.17, 15) is 14.4 Å². The first-order valence-corrected chi connectivity index (χ1v) is 10.1. The molecule has 1 N–H and O–H groups in total. The van der Waals surface area contributed by atoms with Crippen LogP contribution in [0, 0.1) is 13.8 Å². The summed E-state index contributed by atoms with van der Waals surface area (Å²) in [4.78, 5) is 36.8. The topological polar surface area (TPSA) is 84.3 Å². The minimum atomic E-state index is -0.142. The fraction of sp³-hybridized carbons (Fsp3) is 0.400. The number of nitrogens with zero attached hydrogens (tertiary/aromatic N) is 3. The third-order valence-corrected chi connectivity index (χ3v) is 5.49. The maximum absolute atomic E-state index is 12.4. The van der Waals surface area contributed by atoms with E-state index in [0.29, 0.717) is 35.2 Å². The second-order valence-corrected chi connectivity index (χ2v) is 7.82. The summed E-state index contributed by atoms with van der Waals surface area (Å²) >= 11 is 12.2. The second-order valence-electron chi connectivity index (χ2n) is 6.98. The number of nitrogens with one attached hydrogen (secondary N) is 1. The molecule has 1 aromatic carbocycles. The van der Waals surface area contributed by atoms with Gasteiger partial charge < -0.3 is 5.32 Å². The number of hydrogen-bond acceptors (Lipinski definition) is 4. The Morgan fingerprint density at radius 3 is 2.52 bits per heavy atom. The standard InChI is InChI=1S/C20H22Cl2N4O3/c1-12-15(13(2)26(24-12)17-5-4-14(21)10-16(17)22)11-18(27)23-8-3-9-25-19(28)6-7-20(25)29/h4-5,10H,3,6-9,11H2,1-2H3,(H,23,27). The van der Waals surface area contributed by atoms with E-state index in [1.165, 1.54) is 4.90 Å². The number of benzene rings is 1. The van der Waals surface area contributed by atoms with Crippen molar-refractivity contribution in [3.05, 3.63) is 45.2 Å². The first-order chi connectivity index (χ1) is 13.8. The van der Waals surface area contributed by atoms with E-state index in [1.54, 1.807) is 22.9 Å². The Morgan fingerprint density at radius 2 is 1.86 bits per heavy atom. The van der Waals surface area contributed by atoms with Crippen LogP contribution in [-0.4, -0.2) is 45.5 Å². The van der Waals surface area contributed by atoms with Crippen molar-refractivity contribution in [2.45, 2.75) is 39.5 Å². The van der Waals surface area contributed by atoms with Crippen LogP contribution in [-0.2, 0) is 20.8 Å². The Labute approximate surface area is 179 Å². The number of aryl methyl sites for hydroxylation is 1. The highest BCUT2D eigenvalue weighted by Crippen LogP contribution is 2.27. The minimum absolute atomic E-state index is 0.138. The number of imide groups is 1. The van der Waals surface area contributed by atoms with Crippen molar-refractivity contribution in [2.24, 2.45) is 0 Å². The smallest absolute Gasteiger partial charge is 0.229 e. The Kier molecular flexibility index (Phi) is 6.59. The van der Waals surface area contributed by atoms with E-state index in [0.717, 1.165) is 17.0 Å². The predicted molar refractivity (Wildman–Crippen MR) is 110 cm³/mol. The molecule has 3 amide bonds. The molecule has 1 aromatic heterocycles. The highest BCUT2D eigenvalue weighted by atomic mass is 35.5. The molecule has 0 bridgehead atoms. The number of likely N-dealkylation sites (tertiary alicyclic amines) is 1. The van der Waals surface area contributed by atoms with Gasteiger partial charge in [0.05, 0.1) is 22.8 Å². The van der Waals surface area contributed by atoms with E-state index in [-0.39, 0.29) is 37.0 Å². The van der Waals surface area contributed by atoms with Crippen molar-refractivity contribution in [2.75, 3.05) is 13.1 Å². The predicted octanol–water partition coefficient (Wildman–Crippen LogP) is 2.99. The molecule has 2 aromatic rings. The van der Waals surface area contributed by atoms with Crippen molar-refractivity contribution in [1.29, 1.82) is 0 Å². The molecule has 3 rings (SSSR count). The third-order valence-electron chi connectivity index (χ3n) is 4.95. The average molecular weight is 437 g/mol. The van der Waals surface area contributed by atoms with Gasteiger partial charge >= 0.3 is 0 Å². The van der Waals surface area contributed by atoms with Crippen molar-refractivity contribution in [1.82, 2.24) is 20.0 Å². The van der Waals surface area contributed by atoms with E-state index >= 15 is 0 Å². The highest BCUT2D eigenvalue weighted by molar-refractivity contribution is 6.35. The van der Waals surface area contributed by atoms with Crippen LogP contribution in [0.5, 0.6) is 0 Å². The molecule has 1 saturated heterocycles. The molecule has 9 heteroatoms. The number of carbonyl (C=O) groups is 3. The molecule has 0 unspecified atom stereocenters. The molecule has 29 heavy (non-hydrogen) atoms. The van der Waals surface area contributed by atoms with Gasteiger partial charge in [-0.05, 0) is 38.5 Å². The zero-order valence-electron chi connectivity index (χ0n) is 16.3. The van der Waals surface area contributed by atoms with Gasteiger partial charge in [0, 0.05) is 42.2 Å². The molecule has 1 aliphatic heterocycles. The minimum Gasteiger partial charge on any atom is -0.356 e. The van der Waals surface area contributed by atoms with Crippen LogP contribution in [0.4, 0.5) is 0 Å². The lowest BCUT2D eigenvalue weighted by atomic mass is 10.1. The van der Waals surface area contributed by atoms with Gasteiger partial charge in [-0.1, -0.05) is 23.2 Å². The summed E-state index contributed by atoms with van der Waals surface area (Å²) in [6, 6.07) is 5.17. The van der Waals surface area contributed by atoms with Gasteiger partial charge in [-0.3, -0.25) is 19.3 Å². The van der Waals surface area contributed by atoms with Gasteiger partial charge in [-0.2, -0.15) is 5.10 Å². The number of halogens is 2. The number of aromatic nitrogens is 2. The molecule has 1 fully saturated rings. The summed E-state index contributed by atoms with van der Waals surface area (Å²) < 4.78 is 1.71. The Balaban J connectivity index is 1.58. The molecule has 0 spiro atoms. The molecule has 1 aliphatic rings. The van der Waals surface area contributed by atoms with Crippen molar-refractivity contribution in [3.63, 3.8) is 0 Å². The highest BCUT2D eigenvalue weighted by Gasteiger charge is 2.28. The van der Waals surface area contributed by atoms with Crippen LogP contribution in [0.25, 0.3) is 5.69 Å². The summed E-state index contributed by atoms with van der Waals surface area (Å²) in [5.74, 6) is -0.418. The van der Waals surface area contributed by atoms with E-state index in [2.05, 4.69) is 10.4 Å². The quantitative estimate of drug-likeness (QED) is 0.533. The monoisotopic (exact) mass is 436 g/mol. The fourth-order valence-corrected chi connectivity index (χ4v) is 3.87. The van der Waals surface area contributed by atoms with Crippen molar-refractivity contribution >= 4 is 40.9 Å². The average Bonchev–Trinajstić information content (AvgIpc) is 3.12. The number of carbonyl (C=O) groups excluding carboxylic acids is 3. The van der Waals surface area contributed by atoms with Crippen LogP contribution in [0.15, 0.2) is 18.2 Å². The molecule has 2 heterocycles. The SMILES string of the molecule is Cc1nn(-c2ccc(Cl)cc2Cl)c(C)c1CC(=O)NCCCN1C(=O)CCC1=O. The summed E-state index contributed by atoms with van der Waals surface area (Å²) in [6.45, 7) is 4.47. The van der Waals surface area contributed by atoms with Crippen LogP contribution in [0.2, 0.25) is 10.0 Å². The van der Waals surface area contributed by atoms with E-state index in [1.807, 2.05) is 13.8 Å². The number of hydrogen-bond donors (Lipinski definition) is 1. The Bertz CT molecular complexity index is 955. The maximum atomic E-state index is 12.4. The lowest BCUT2D eigenvalue weighted by Crippen LogP contribution is -2.33. The maximum Gasteiger partial charge on any atom is 0.229 e. The summed E-state index contributed by atoms with van der Waals surface area (Å²) in [5, 5.41) is 8.37. The summed E-state index contributed by atoms with van der Waals surface area (Å²) in [7, 11) is 0. The van der Waals surface area contributed by atoms with Gasteiger partial charge in [0.25, 0.3) is 0 Å². The summed E-state index contributed by atoms with van der Waals surface area (Å²) in [6.07, 6.45) is 1.28. The number of rotatable bonds is 7. The van der Waals surface area contributed by atoms with Crippen LogP contribution >= 0.6 is 23.2 Å². The largest absolute Gasteiger partial charge is 0.356 e. The van der Waals surface area contributed by atoms with Gasteiger partial charge in [-0.25, -0.2) is 4.68 Å². The van der Waals surface area contributed by atoms with Crippen molar-refractivity contribution in [3.8, 4) is 5.69 Å². The molecule has 0 saturated carbocycles. The van der Waals surface area contributed by atoms with Crippen molar-refractivity contribution < 1.29 is 14.4 Å². The molecular formula is C20H22Cl2N4O3. The first-order valence-electron chi connectivity index (χ1n) is 9.38. The molecule has 0 atom stereocenters. The van der Waals surface area contributed by atoms with E-state index in [4.69, 9.17) is 23.2 Å². The van der Waals surface area contributed by atoms with E-state index < -0.39 is 0 Å². The first kappa shape index (κ1) is 21.3. The Morgan fingerprint density at radius 1 is 1.17 bits per heavy atom. The third kappa shape index (κ3) is 4.79. The Hall–Kier alpha value is -2.38. The molecule has 0 aliphatic carbocycles. The van der Waals surface area contributed by atoms with Crippen LogP contribution in [0.3, 0.4) is 0 Å². The number of amides is 3. The zero-order valence-corrected chi connectivity index (χ0v) is 17.8. The fourth-order valence-electron chi connectivity index (χ4n) is 3.38. The lowest BCUT2D eigenvalue weighted by Gasteiger charge is -2.13. The molecule has 154 valence electrons. The zero-order chi connectivity index (χ0) is 21.1. The summed E-state index contributed by atoms with van der Waals surface area (Å²) in [5.41, 5.74) is 3.11. The second kappa shape index (κ2) is 8.97. The van der Waals surface area contributed by atoms with Gasteiger partial charge in [0.15, 0.2) is 0 Å². The van der Waals surface area contributed by atoms with Crippen LogP contribution in [0.1, 0.15) is 36.2 Å². The van der Waals surface area contributed by atoms with Crippen LogP contribution < -0.4 is 5.32 Å². The lowest BCUT2D eigenvalue weighted by molar-refractivity contribution is -0.138. The molecule has 0 radical (unpaired) electrons. The van der Waals surface area contributed by atoms with Gasteiger partial charge in [0.2, 0.25) is 17.7 Å². The van der Waals surface area contributed by atoms with Gasteiger partial charge in [-0.15, -0.1) is 0 Å². The molecule has 7 nitrogen and oxygen atoms in total. The normalized spacial score (nSPS) is 14.0. The van der Waals surface area contributed by atoms with Gasteiger partial charge in [0.1, 0.15) is 0 Å².